The quantitative estimate of drug-likeness (QED) is 0.862. The molecule has 0 bridgehead atoms. The van der Waals surface area contributed by atoms with Gasteiger partial charge >= 0.3 is 0 Å². The van der Waals surface area contributed by atoms with Crippen molar-refractivity contribution in [3.8, 4) is 0 Å². The Balaban J connectivity index is 1.77. The topological polar surface area (TPSA) is 62.2 Å². The molecule has 1 aliphatic heterocycles. The first kappa shape index (κ1) is 11.2. The highest BCUT2D eigenvalue weighted by Gasteiger charge is 2.26. The first-order valence-corrected chi connectivity index (χ1v) is 7.17. The van der Waals surface area contributed by atoms with Crippen LogP contribution in [0.2, 0.25) is 0 Å². The number of fused-ring (bicyclic) bond motifs is 1. The maximum Gasteiger partial charge on any atom is 0.274 e. The fraction of sp³-hybridized carbons (Fsp3) is 0.571. The maximum atomic E-state index is 12.1. The first-order chi connectivity index (χ1) is 9.31. The van der Waals surface area contributed by atoms with Gasteiger partial charge in [0.05, 0.1) is 11.7 Å². The van der Waals surface area contributed by atoms with Crippen molar-refractivity contribution < 1.29 is 0 Å². The van der Waals surface area contributed by atoms with Gasteiger partial charge in [0.2, 0.25) is 0 Å². The Kier molecular flexibility index (Phi) is 2.48. The van der Waals surface area contributed by atoms with Crippen LogP contribution in [-0.4, -0.2) is 21.1 Å². The molecule has 0 radical (unpaired) electrons. The van der Waals surface area contributed by atoms with Crippen molar-refractivity contribution in [2.75, 3.05) is 6.54 Å². The van der Waals surface area contributed by atoms with Gasteiger partial charge in [-0.2, -0.15) is 9.61 Å². The number of hydrogen-bond donors (Lipinski definition) is 2. The van der Waals surface area contributed by atoms with E-state index in [9.17, 15) is 4.79 Å². The lowest BCUT2D eigenvalue weighted by Crippen LogP contribution is -2.27. The van der Waals surface area contributed by atoms with Crippen LogP contribution < -0.4 is 10.9 Å². The first-order valence-electron chi connectivity index (χ1n) is 7.17. The number of aromatic amines is 1. The van der Waals surface area contributed by atoms with Crippen LogP contribution in [0.4, 0.5) is 0 Å². The molecule has 19 heavy (non-hydrogen) atoms. The lowest BCUT2D eigenvalue weighted by Gasteiger charge is -2.21. The number of nitrogens with one attached hydrogen (secondary N) is 2. The van der Waals surface area contributed by atoms with E-state index in [0.29, 0.717) is 12.0 Å². The van der Waals surface area contributed by atoms with Gasteiger partial charge in [0.1, 0.15) is 5.65 Å². The molecule has 5 nitrogen and oxygen atoms in total. The van der Waals surface area contributed by atoms with Crippen LogP contribution in [0.1, 0.15) is 55.5 Å². The highest BCUT2D eigenvalue weighted by atomic mass is 16.1. The molecule has 3 heterocycles. The summed E-state index contributed by atoms with van der Waals surface area (Å²) in [6.07, 6.45) is 5.95. The summed E-state index contributed by atoms with van der Waals surface area (Å²) in [5.41, 5.74) is 2.87. The van der Waals surface area contributed by atoms with Gasteiger partial charge in [0.15, 0.2) is 0 Å². The zero-order valence-electron chi connectivity index (χ0n) is 10.9. The molecule has 1 saturated carbocycles. The molecule has 2 aliphatic rings. The van der Waals surface area contributed by atoms with E-state index in [2.05, 4.69) is 15.4 Å². The van der Waals surface area contributed by atoms with Crippen molar-refractivity contribution in [1.29, 1.82) is 0 Å². The maximum absolute atomic E-state index is 12.1. The summed E-state index contributed by atoms with van der Waals surface area (Å²) in [5.74, 6) is 0.559. The third kappa shape index (κ3) is 1.98. The van der Waals surface area contributed by atoms with E-state index < -0.39 is 0 Å². The molecule has 0 aromatic carbocycles. The smallest absolute Gasteiger partial charge is 0.274 e. The molecular weight excluding hydrogens is 240 g/mol. The molecule has 2 aromatic rings. The van der Waals surface area contributed by atoms with Crippen molar-refractivity contribution in [2.24, 2.45) is 0 Å². The average Bonchev–Trinajstić information content (AvgIpc) is 3.19. The molecule has 1 unspecified atom stereocenters. The third-order valence-corrected chi connectivity index (χ3v) is 4.17. The lowest BCUT2D eigenvalue weighted by molar-refractivity contribution is 0.404. The number of aromatic nitrogens is 3. The molecule has 1 atom stereocenters. The highest BCUT2D eigenvalue weighted by molar-refractivity contribution is 5.41. The second-order valence-electron chi connectivity index (χ2n) is 5.71. The van der Waals surface area contributed by atoms with Crippen LogP contribution in [0.25, 0.3) is 5.65 Å². The van der Waals surface area contributed by atoms with Crippen LogP contribution >= 0.6 is 0 Å². The van der Waals surface area contributed by atoms with Gasteiger partial charge in [0.25, 0.3) is 5.56 Å². The van der Waals surface area contributed by atoms with E-state index in [1.807, 2.05) is 6.07 Å². The van der Waals surface area contributed by atoms with Crippen LogP contribution in [0.5, 0.6) is 0 Å². The zero-order valence-corrected chi connectivity index (χ0v) is 10.9. The van der Waals surface area contributed by atoms with E-state index >= 15 is 0 Å². The summed E-state index contributed by atoms with van der Waals surface area (Å²) in [6, 6.07) is 4.03. The monoisotopic (exact) mass is 258 g/mol. The predicted octanol–water partition coefficient (Wildman–Crippen LogP) is 1.71. The van der Waals surface area contributed by atoms with Gasteiger partial charge in [-0.1, -0.05) is 6.42 Å². The minimum absolute atomic E-state index is 0.0160. The summed E-state index contributed by atoms with van der Waals surface area (Å²) in [5, 5.41) is 7.94. The SMILES string of the molecule is O=c1cc(C2CC2)[nH]c2cc(C3CCCCN3)nn12. The lowest BCUT2D eigenvalue weighted by atomic mass is 10.0. The summed E-state index contributed by atoms with van der Waals surface area (Å²) in [4.78, 5) is 15.4. The number of nitrogens with zero attached hydrogens (tertiary/aromatic N) is 2. The van der Waals surface area contributed by atoms with Crippen LogP contribution in [-0.2, 0) is 0 Å². The molecule has 4 rings (SSSR count). The number of piperidine rings is 1. The Hall–Kier alpha value is -1.62. The minimum atomic E-state index is -0.0160. The summed E-state index contributed by atoms with van der Waals surface area (Å²) >= 11 is 0. The Morgan fingerprint density at radius 1 is 1.21 bits per heavy atom. The van der Waals surface area contributed by atoms with Crippen molar-refractivity contribution in [3.63, 3.8) is 0 Å². The minimum Gasteiger partial charge on any atom is -0.343 e. The summed E-state index contributed by atoms with van der Waals surface area (Å²) in [6.45, 7) is 1.04. The van der Waals surface area contributed by atoms with Crippen LogP contribution in [0, 0.1) is 0 Å². The van der Waals surface area contributed by atoms with Crippen molar-refractivity contribution in [3.05, 3.63) is 33.9 Å². The number of rotatable bonds is 2. The van der Waals surface area contributed by atoms with Gasteiger partial charge < -0.3 is 10.3 Å². The van der Waals surface area contributed by atoms with E-state index in [1.165, 1.54) is 30.2 Å². The second-order valence-corrected chi connectivity index (χ2v) is 5.71. The second kappa shape index (κ2) is 4.20. The van der Waals surface area contributed by atoms with E-state index in [0.717, 1.165) is 30.0 Å². The van der Waals surface area contributed by atoms with Crippen molar-refractivity contribution >= 4 is 5.65 Å². The molecule has 2 fully saturated rings. The van der Waals surface area contributed by atoms with Gasteiger partial charge in [-0.05, 0) is 38.1 Å². The molecular formula is C14H18N4O. The van der Waals surface area contributed by atoms with Crippen molar-refractivity contribution in [1.82, 2.24) is 19.9 Å². The highest BCUT2D eigenvalue weighted by Crippen LogP contribution is 2.38. The molecule has 0 spiro atoms. The standard InChI is InChI=1S/C14H18N4O/c19-14-8-11(9-4-5-9)16-13-7-12(17-18(13)14)10-3-1-2-6-15-10/h7-10,15-16H,1-6H2. The Morgan fingerprint density at radius 2 is 2.11 bits per heavy atom. The van der Waals surface area contributed by atoms with E-state index in [1.54, 1.807) is 6.07 Å². The number of H-pyrrole nitrogens is 1. The zero-order chi connectivity index (χ0) is 12.8. The molecule has 100 valence electrons. The molecule has 2 N–H and O–H groups in total. The van der Waals surface area contributed by atoms with Gasteiger partial charge in [-0.15, -0.1) is 0 Å². The average molecular weight is 258 g/mol. The van der Waals surface area contributed by atoms with Crippen LogP contribution in [0.15, 0.2) is 16.9 Å². The summed E-state index contributed by atoms with van der Waals surface area (Å²) < 4.78 is 1.50. The van der Waals surface area contributed by atoms with Crippen LogP contribution in [0.3, 0.4) is 0 Å². The van der Waals surface area contributed by atoms with Gasteiger partial charge in [-0.3, -0.25) is 4.79 Å². The Bertz CT molecular complexity index is 662. The van der Waals surface area contributed by atoms with Crippen molar-refractivity contribution in [2.45, 2.75) is 44.1 Å². The largest absolute Gasteiger partial charge is 0.343 e. The Morgan fingerprint density at radius 3 is 2.84 bits per heavy atom. The predicted molar refractivity (Wildman–Crippen MR) is 72.4 cm³/mol. The van der Waals surface area contributed by atoms with E-state index in [-0.39, 0.29) is 5.56 Å². The molecule has 0 amide bonds. The molecule has 2 aromatic heterocycles. The fourth-order valence-corrected chi connectivity index (χ4v) is 2.92. The molecule has 1 aliphatic carbocycles. The molecule has 5 heteroatoms. The van der Waals surface area contributed by atoms with E-state index in [4.69, 9.17) is 0 Å². The Labute approximate surface area is 111 Å². The fourth-order valence-electron chi connectivity index (χ4n) is 2.92. The summed E-state index contributed by atoms with van der Waals surface area (Å²) in [7, 11) is 0. The third-order valence-electron chi connectivity index (χ3n) is 4.17. The molecule has 1 saturated heterocycles. The van der Waals surface area contributed by atoms with Gasteiger partial charge in [0, 0.05) is 17.8 Å². The number of hydrogen-bond acceptors (Lipinski definition) is 3. The normalized spacial score (nSPS) is 23.9. The van der Waals surface area contributed by atoms with Gasteiger partial charge in [-0.25, -0.2) is 0 Å².